The van der Waals surface area contributed by atoms with Crippen LogP contribution in [0.4, 0.5) is 5.69 Å². The lowest BCUT2D eigenvalue weighted by atomic mass is 10.0. The molecule has 3 heterocycles. The predicted octanol–water partition coefficient (Wildman–Crippen LogP) is 3.19. The van der Waals surface area contributed by atoms with Crippen molar-refractivity contribution in [1.29, 1.82) is 0 Å². The average molecular weight is 408 g/mol. The van der Waals surface area contributed by atoms with Crippen molar-refractivity contribution >= 4 is 17.5 Å². The van der Waals surface area contributed by atoms with Crippen LogP contribution in [0, 0.1) is 6.92 Å². The lowest BCUT2D eigenvalue weighted by molar-refractivity contribution is -0.136. The van der Waals surface area contributed by atoms with Crippen LogP contribution < -0.4 is 5.32 Å². The molecule has 158 valence electrons. The number of carbonyl (C=O) groups is 2. The molecule has 0 radical (unpaired) electrons. The van der Waals surface area contributed by atoms with Crippen LogP contribution in [-0.4, -0.2) is 57.8 Å². The van der Waals surface area contributed by atoms with Crippen LogP contribution in [0.15, 0.2) is 36.5 Å². The summed E-state index contributed by atoms with van der Waals surface area (Å²) >= 11 is 0. The quantitative estimate of drug-likeness (QED) is 0.824. The molecule has 30 heavy (non-hydrogen) atoms. The van der Waals surface area contributed by atoms with Crippen molar-refractivity contribution < 1.29 is 9.59 Å². The van der Waals surface area contributed by atoms with E-state index in [0.717, 1.165) is 44.6 Å². The van der Waals surface area contributed by atoms with Crippen LogP contribution in [0.5, 0.6) is 0 Å². The molecule has 1 aromatic heterocycles. The molecule has 2 fully saturated rings. The fourth-order valence-electron chi connectivity index (χ4n) is 4.31. The number of anilines is 1. The van der Waals surface area contributed by atoms with Crippen LogP contribution in [-0.2, 0) is 4.79 Å². The summed E-state index contributed by atoms with van der Waals surface area (Å²) in [5.41, 5.74) is 1.82. The average Bonchev–Trinajstić information content (AvgIpc) is 3.27. The Hall–Kier alpha value is -2.80. The normalized spacial score (nSPS) is 19.6. The van der Waals surface area contributed by atoms with Gasteiger partial charge in [0, 0.05) is 18.4 Å². The van der Waals surface area contributed by atoms with Gasteiger partial charge in [-0.2, -0.15) is 0 Å². The molecule has 2 amide bonds. The Morgan fingerprint density at radius 1 is 1.07 bits per heavy atom. The van der Waals surface area contributed by atoms with Crippen LogP contribution in [0.3, 0.4) is 0 Å². The van der Waals surface area contributed by atoms with Crippen molar-refractivity contribution in [3.8, 4) is 0 Å². The maximum absolute atomic E-state index is 13.0. The first kappa shape index (κ1) is 20.5. The van der Waals surface area contributed by atoms with Crippen molar-refractivity contribution in [1.82, 2.24) is 19.8 Å². The summed E-state index contributed by atoms with van der Waals surface area (Å²) in [5, 5.41) is 2.88. The minimum absolute atomic E-state index is 0.112. The molecule has 2 saturated heterocycles. The van der Waals surface area contributed by atoms with Crippen molar-refractivity contribution in [2.75, 3.05) is 31.5 Å². The van der Waals surface area contributed by atoms with Crippen LogP contribution in [0.1, 0.15) is 60.0 Å². The van der Waals surface area contributed by atoms with Gasteiger partial charge in [-0.05, 0) is 64.3 Å². The van der Waals surface area contributed by atoms with Gasteiger partial charge in [-0.1, -0.05) is 18.2 Å². The first-order valence-electron chi connectivity index (χ1n) is 10.8. The molecule has 0 bridgehead atoms. The van der Waals surface area contributed by atoms with E-state index >= 15 is 0 Å². The molecule has 1 atom stereocenters. The van der Waals surface area contributed by atoms with Crippen LogP contribution in [0.2, 0.25) is 0 Å². The number of para-hydroxylation sites is 1. The van der Waals surface area contributed by atoms with Gasteiger partial charge in [0.25, 0.3) is 5.91 Å². The molecule has 2 aromatic rings. The lowest BCUT2D eigenvalue weighted by Gasteiger charge is -2.35. The number of aryl methyl sites for hydroxylation is 1. The lowest BCUT2D eigenvalue weighted by Crippen LogP contribution is -2.44. The topological polar surface area (TPSA) is 78.4 Å². The second-order valence-corrected chi connectivity index (χ2v) is 8.13. The molecule has 0 spiro atoms. The fourth-order valence-corrected chi connectivity index (χ4v) is 4.31. The smallest absolute Gasteiger partial charge is 0.259 e. The minimum Gasteiger partial charge on any atom is -0.331 e. The Morgan fingerprint density at radius 3 is 2.53 bits per heavy atom. The number of nitrogens with one attached hydrogen (secondary N) is 1. The Labute approximate surface area is 177 Å². The molecule has 2 aliphatic rings. The highest BCUT2D eigenvalue weighted by Gasteiger charge is 2.31. The number of aromatic nitrogens is 2. The zero-order chi connectivity index (χ0) is 20.9. The van der Waals surface area contributed by atoms with Gasteiger partial charge in [0.05, 0.1) is 23.8 Å². The maximum Gasteiger partial charge on any atom is 0.259 e. The second-order valence-electron chi connectivity index (χ2n) is 8.13. The highest BCUT2D eigenvalue weighted by atomic mass is 16.2. The van der Waals surface area contributed by atoms with Crippen molar-refractivity contribution in [2.24, 2.45) is 0 Å². The number of benzene rings is 1. The summed E-state index contributed by atoms with van der Waals surface area (Å²) in [6.07, 6.45) is 6.86. The van der Waals surface area contributed by atoms with Crippen LogP contribution in [0.25, 0.3) is 0 Å². The van der Waals surface area contributed by atoms with E-state index in [1.807, 2.05) is 42.2 Å². The molecule has 4 rings (SSSR count). The van der Waals surface area contributed by atoms with Gasteiger partial charge in [-0.25, -0.2) is 9.97 Å². The van der Waals surface area contributed by atoms with Gasteiger partial charge in [0.1, 0.15) is 0 Å². The molecule has 7 heteroatoms. The monoisotopic (exact) mass is 407 g/mol. The van der Waals surface area contributed by atoms with Gasteiger partial charge in [-0.3, -0.25) is 14.5 Å². The van der Waals surface area contributed by atoms with E-state index in [0.29, 0.717) is 23.6 Å². The molecule has 7 nitrogen and oxygen atoms in total. The number of rotatable bonds is 5. The van der Waals surface area contributed by atoms with Crippen molar-refractivity contribution in [2.45, 2.75) is 45.1 Å². The summed E-state index contributed by atoms with van der Waals surface area (Å²) in [7, 11) is 0. The van der Waals surface area contributed by atoms with E-state index in [9.17, 15) is 9.59 Å². The van der Waals surface area contributed by atoms with Crippen LogP contribution >= 0.6 is 0 Å². The number of piperidine rings is 1. The molecular formula is C23H29N5O2. The third-order valence-corrected chi connectivity index (χ3v) is 5.95. The van der Waals surface area contributed by atoms with Gasteiger partial charge in [0.2, 0.25) is 5.91 Å². The minimum atomic E-state index is -0.226. The number of nitrogens with zero attached hydrogens (tertiary/aromatic N) is 4. The second kappa shape index (κ2) is 9.34. The summed E-state index contributed by atoms with van der Waals surface area (Å²) in [6.45, 7) is 5.06. The zero-order valence-electron chi connectivity index (χ0n) is 17.5. The zero-order valence-corrected chi connectivity index (χ0v) is 17.5. The molecular weight excluding hydrogens is 378 g/mol. The maximum atomic E-state index is 13.0. The molecule has 1 N–H and O–H groups in total. The van der Waals surface area contributed by atoms with E-state index in [2.05, 4.69) is 20.2 Å². The fraction of sp³-hybridized carbons (Fsp3) is 0.478. The number of likely N-dealkylation sites (tertiary alicyclic amines) is 2. The van der Waals surface area contributed by atoms with E-state index in [1.54, 1.807) is 6.20 Å². The summed E-state index contributed by atoms with van der Waals surface area (Å²) in [4.78, 5) is 38.9. The molecule has 0 aliphatic carbocycles. The molecule has 0 saturated carbocycles. The van der Waals surface area contributed by atoms with E-state index in [4.69, 9.17) is 0 Å². The first-order valence-corrected chi connectivity index (χ1v) is 10.8. The van der Waals surface area contributed by atoms with Gasteiger partial charge >= 0.3 is 0 Å². The number of hydrogen-bond acceptors (Lipinski definition) is 5. The van der Waals surface area contributed by atoms with E-state index in [-0.39, 0.29) is 17.9 Å². The summed E-state index contributed by atoms with van der Waals surface area (Å²) in [5.74, 6) is 0.572. The Kier molecular flexibility index (Phi) is 6.38. The highest BCUT2D eigenvalue weighted by Crippen LogP contribution is 2.29. The molecule has 0 unspecified atom stereocenters. The van der Waals surface area contributed by atoms with E-state index in [1.165, 1.54) is 12.8 Å². The summed E-state index contributed by atoms with van der Waals surface area (Å²) in [6, 6.07) is 9.22. The first-order chi connectivity index (χ1) is 14.6. The third kappa shape index (κ3) is 4.67. The standard InChI is InChI=1S/C23H29N5O2/c1-17-19(23(30)26-18-9-3-2-4-10-18)15-24-22(25-17)20-11-5-6-14-28(20)21(29)16-27-12-7-8-13-27/h2-4,9-10,15,20H,5-8,11-14,16H2,1H3,(H,26,30)/t20-/m1/s1. The Balaban J connectivity index is 1.48. The highest BCUT2D eigenvalue weighted by molar-refractivity contribution is 6.04. The SMILES string of the molecule is Cc1nc([C@H]2CCCCN2C(=O)CN2CCCC2)ncc1C(=O)Nc1ccccc1. The van der Waals surface area contributed by atoms with Crippen molar-refractivity contribution in [3.63, 3.8) is 0 Å². The van der Waals surface area contributed by atoms with E-state index < -0.39 is 0 Å². The van der Waals surface area contributed by atoms with Gasteiger partial charge in [0.15, 0.2) is 5.82 Å². The Morgan fingerprint density at radius 2 is 1.80 bits per heavy atom. The molecule has 1 aromatic carbocycles. The van der Waals surface area contributed by atoms with Gasteiger partial charge < -0.3 is 10.2 Å². The number of amides is 2. The molecule has 2 aliphatic heterocycles. The van der Waals surface area contributed by atoms with Crippen molar-refractivity contribution in [3.05, 3.63) is 53.6 Å². The summed E-state index contributed by atoms with van der Waals surface area (Å²) < 4.78 is 0. The Bertz CT molecular complexity index is 896. The number of carbonyl (C=O) groups excluding carboxylic acids is 2. The largest absolute Gasteiger partial charge is 0.331 e. The third-order valence-electron chi connectivity index (χ3n) is 5.95. The number of hydrogen-bond donors (Lipinski definition) is 1. The van der Waals surface area contributed by atoms with Gasteiger partial charge in [-0.15, -0.1) is 0 Å². The predicted molar refractivity (Wildman–Crippen MR) is 115 cm³/mol.